The van der Waals surface area contributed by atoms with Crippen molar-refractivity contribution in [2.45, 2.75) is 6.54 Å². The van der Waals surface area contributed by atoms with Crippen molar-refractivity contribution in [2.24, 2.45) is 0 Å². The molecule has 0 saturated carbocycles. The van der Waals surface area contributed by atoms with E-state index in [1.807, 2.05) is 50.5 Å². The van der Waals surface area contributed by atoms with Gasteiger partial charge in [-0.15, -0.1) is 0 Å². The van der Waals surface area contributed by atoms with Crippen LogP contribution in [0.4, 0.5) is 10.5 Å². The van der Waals surface area contributed by atoms with Gasteiger partial charge in [-0.3, -0.25) is 4.98 Å². The number of hydrogen-bond acceptors (Lipinski definition) is 4. The average molecular weight is 314 g/mol. The number of likely N-dealkylation sites (N-methyl/N-ethyl adjacent to an activating group) is 1. The highest BCUT2D eigenvalue weighted by Crippen LogP contribution is 2.15. The topological polar surface area (TPSA) is 66.5 Å². The maximum Gasteiger partial charge on any atom is 0.319 e. The number of anilines is 1. The smallest absolute Gasteiger partial charge is 0.319 e. The molecule has 6 nitrogen and oxygen atoms in total. The van der Waals surface area contributed by atoms with E-state index in [9.17, 15) is 4.79 Å². The zero-order valence-electron chi connectivity index (χ0n) is 13.5. The molecule has 0 atom stereocenters. The van der Waals surface area contributed by atoms with Crippen LogP contribution in [0.15, 0.2) is 48.8 Å². The molecule has 0 spiro atoms. The molecule has 2 aromatic rings. The van der Waals surface area contributed by atoms with E-state index < -0.39 is 0 Å². The van der Waals surface area contributed by atoms with Crippen molar-refractivity contribution in [3.63, 3.8) is 0 Å². The summed E-state index contributed by atoms with van der Waals surface area (Å²) < 4.78 is 5.61. The van der Waals surface area contributed by atoms with Crippen LogP contribution in [0.25, 0.3) is 0 Å². The Balaban J connectivity index is 1.75. The fraction of sp³-hybridized carbons (Fsp3) is 0.294. The van der Waals surface area contributed by atoms with Crippen molar-refractivity contribution in [3.8, 4) is 5.75 Å². The van der Waals surface area contributed by atoms with Crippen molar-refractivity contribution in [1.82, 2.24) is 15.2 Å². The van der Waals surface area contributed by atoms with Crippen LogP contribution < -0.4 is 15.4 Å². The third-order valence-corrected chi connectivity index (χ3v) is 3.10. The highest BCUT2D eigenvalue weighted by molar-refractivity contribution is 5.89. The molecule has 0 saturated heterocycles. The number of carbonyl (C=O) groups excluding carboxylic acids is 1. The Bertz CT molecular complexity index is 600. The number of hydrogen-bond donors (Lipinski definition) is 2. The number of carbonyl (C=O) groups is 1. The molecular formula is C17H22N4O2. The molecule has 2 amide bonds. The predicted octanol–water partition coefficient (Wildman–Crippen LogP) is 2.34. The monoisotopic (exact) mass is 314 g/mol. The molecule has 0 radical (unpaired) electrons. The van der Waals surface area contributed by atoms with E-state index in [0.717, 1.165) is 17.9 Å². The van der Waals surface area contributed by atoms with E-state index in [2.05, 4.69) is 20.5 Å². The van der Waals surface area contributed by atoms with Gasteiger partial charge in [-0.25, -0.2) is 4.79 Å². The van der Waals surface area contributed by atoms with Crippen LogP contribution in [-0.2, 0) is 6.54 Å². The molecule has 6 heteroatoms. The summed E-state index contributed by atoms with van der Waals surface area (Å²) in [4.78, 5) is 17.9. The molecule has 2 N–H and O–H groups in total. The summed E-state index contributed by atoms with van der Waals surface area (Å²) in [5.41, 5.74) is 1.67. The van der Waals surface area contributed by atoms with Gasteiger partial charge < -0.3 is 20.3 Å². The van der Waals surface area contributed by atoms with Gasteiger partial charge in [0.25, 0.3) is 0 Å². The average Bonchev–Trinajstić information content (AvgIpc) is 2.55. The van der Waals surface area contributed by atoms with E-state index in [1.165, 1.54) is 0 Å². The van der Waals surface area contributed by atoms with Crippen molar-refractivity contribution >= 4 is 11.7 Å². The number of benzene rings is 1. The number of urea groups is 1. The molecule has 0 aliphatic heterocycles. The lowest BCUT2D eigenvalue weighted by Gasteiger charge is -2.12. The van der Waals surface area contributed by atoms with Crippen molar-refractivity contribution in [2.75, 3.05) is 32.6 Å². The summed E-state index contributed by atoms with van der Waals surface area (Å²) in [6.45, 7) is 1.92. The zero-order valence-corrected chi connectivity index (χ0v) is 13.5. The Hall–Kier alpha value is -2.60. The molecule has 0 unspecified atom stereocenters. The maximum absolute atomic E-state index is 11.8. The number of nitrogens with one attached hydrogen (secondary N) is 2. The number of ether oxygens (including phenoxy) is 1. The first-order valence-corrected chi connectivity index (χ1v) is 7.45. The van der Waals surface area contributed by atoms with Gasteiger partial charge in [0.2, 0.25) is 0 Å². The number of nitrogens with zero attached hydrogens (tertiary/aromatic N) is 2. The second-order valence-corrected chi connectivity index (χ2v) is 5.35. The lowest BCUT2D eigenvalue weighted by molar-refractivity contribution is 0.251. The van der Waals surface area contributed by atoms with Gasteiger partial charge in [0.05, 0.1) is 0 Å². The second-order valence-electron chi connectivity index (χ2n) is 5.35. The summed E-state index contributed by atoms with van der Waals surface area (Å²) in [6.07, 6.45) is 3.42. The number of rotatable bonds is 7. The SMILES string of the molecule is CN(C)CCOc1ccc(NC(=O)NCc2cccnc2)cc1. The summed E-state index contributed by atoms with van der Waals surface area (Å²) in [5, 5.41) is 5.56. The van der Waals surface area contributed by atoms with Crippen LogP contribution >= 0.6 is 0 Å². The quantitative estimate of drug-likeness (QED) is 0.823. The summed E-state index contributed by atoms with van der Waals surface area (Å²) in [7, 11) is 4.00. The van der Waals surface area contributed by atoms with Gasteiger partial charge in [-0.2, -0.15) is 0 Å². The van der Waals surface area contributed by atoms with E-state index in [-0.39, 0.29) is 6.03 Å². The molecule has 1 aromatic carbocycles. The first-order chi connectivity index (χ1) is 11.1. The minimum atomic E-state index is -0.255. The predicted molar refractivity (Wildman–Crippen MR) is 90.6 cm³/mol. The van der Waals surface area contributed by atoms with E-state index in [0.29, 0.717) is 18.8 Å². The Kier molecular flexibility index (Phi) is 6.38. The molecule has 122 valence electrons. The fourth-order valence-corrected chi connectivity index (χ4v) is 1.84. The number of aromatic nitrogens is 1. The van der Waals surface area contributed by atoms with Crippen LogP contribution in [0.1, 0.15) is 5.56 Å². The standard InChI is InChI=1S/C17H22N4O2/c1-21(2)10-11-23-16-7-5-15(6-8-16)20-17(22)19-13-14-4-3-9-18-12-14/h3-9,12H,10-11,13H2,1-2H3,(H2,19,20,22). The minimum absolute atomic E-state index is 0.255. The Morgan fingerprint density at radius 3 is 2.65 bits per heavy atom. The molecular weight excluding hydrogens is 292 g/mol. The molecule has 23 heavy (non-hydrogen) atoms. The fourth-order valence-electron chi connectivity index (χ4n) is 1.84. The molecule has 1 heterocycles. The van der Waals surface area contributed by atoms with Crippen molar-refractivity contribution < 1.29 is 9.53 Å². The summed E-state index contributed by atoms with van der Waals surface area (Å²) in [5.74, 6) is 0.785. The number of amides is 2. The van der Waals surface area contributed by atoms with Gasteiger partial charge in [-0.05, 0) is 50.0 Å². The van der Waals surface area contributed by atoms with Crippen LogP contribution in [0.5, 0.6) is 5.75 Å². The first kappa shape index (κ1) is 16.8. The molecule has 0 fully saturated rings. The largest absolute Gasteiger partial charge is 0.492 e. The van der Waals surface area contributed by atoms with Gasteiger partial charge >= 0.3 is 6.03 Å². The highest BCUT2D eigenvalue weighted by Gasteiger charge is 2.02. The van der Waals surface area contributed by atoms with Gasteiger partial charge in [0, 0.05) is 31.2 Å². The van der Waals surface area contributed by atoms with Gasteiger partial charge in [0.15, 0.2) is 0 Å². The van der Waals surface area contributed by atoms with E-state index >= 15 is 0 Å². The minimum Gasteiger partial charge on any atom is -0.492 e. The van der Waals surface area contributed by atoms with Gasteiger partial charge in [0.1, 0.15) is 12.4 Å². The van der Waals surface area contributed by atoms with E-state index in [4.69, 9.17) is 4.74 Å². The van der Waals surface area contributed by atoms with Crippen LogP contribution in [0.2, 0.25) is 0 Å². The molecule has 1 aromatic heterocycles. The third kappa shape index (κ3) is 6.36. The third-order valence-electron chi connectivity index (χ3n) is 3.10. The number of pyridine rings is 1. The van der Waals surface area contributed by atoms with Crippen molar-refractivity contribution in [1.29, 1.82) is 0 Å². The van der Waals surface area contributed by atoms with Crippen LogP contribution in [0.3, 0.4) is 0 Å². The molecule has 0 aliphatic rings. The molecule has 2 rings (SSSR count). The van der Waals surface area contributed by atoms with Crippen LogP contribution in [-0.4, -0.2) is 43.2 Å². The Labute approximate surface area is 136 Å². The lowest BCUT2D eigenvalue weighted by Crippen LogP contribution is -2.28. The molecule has 0 aliphatic carbocycles. The van der Waals surface area contributed by atoms with Crippen LogP contribution in [0, 0.1) is 0 Å². The second kappa shape index (κ2) is 8.75. The highest BCUT2D eigenvalue weighted by atomic mass is 16.5. The van der Waals surface area contributed by atoms with E-state index in [1.54, 1.807) is 12.4 Å². The normalized spacial score (nSPS) is 10.4. The Morgan fingerprint density at radius 1 is 1.22 bits per heavy atom. The lowest BCUT2D eigenvalue weighted by atomic mass is 10.3. The maximum atomic E-state index is 11.8. The zero-order chi connectivity index (χ0) is 16.5. The first-order valence-electron chi connectivity index (χ1n) is 7.45. The Morgan fingerprint density at radius 2 is 2.00 bits per heavy atom. The van der Waals surface area contributed by atoms with Crippen molar-refractivity contribution in [3.05, 3.63) is 54.4 Å². The summed E-state index contributed by atoms with van der Waals surface area (Å²) in [6, 6.07) is 10.8. The summed E-state index contributed by atoms with van der Waals surface area (Å²) >= 11 is 0. The van der Waals surface area contributed by atoms with Gasteiger partial charge in [-0.1, -0.05) is 6.07 Å². The molecule has 0 bridgehead atoms.